The molecule has 7 heteroatoms. The molecular weight excluding hydrogens is 354 g/mol. The van der Waals surface area contributed by atoms with Crippen molar-refractivity contribution in [2.75, 3.05) is 12.1 Å². The average Bonchev–Trinajstić information content (AvgIpc) is 2.95. The summed E-state index contributed by atoms with van der Waals surface area (Å²) < 4.78 is 11.5. The van der Waals surface area contributed by atoms with Crippen LogP contribution in [0.3, 0.4) is 0 Å². The van der Waals surface area contributed by atoms with E-state index >= 15 is 0 Å². The number of hydrogen-bond acceptors (Lipinski definition) is 4. The van der Waals surface area contributed by atoms with Crippen molar-refractivity contribution < 1.29 is 9.47 Å². The van der Waals surface area contributed by atoms with E-state index in [1.165, 1.54) is 0 Å². The van der Waals surface area contributed by atoms with Crippen molar-refractivity contribution in [2.45, 2.75) is 6.54 Å². The molecule has 1 aromatic carbocycles. The molecule has 1 aromatic heterocycles. The lowest BCUT2D eigenvalue weighted by Crippen LogP contribution is -2.28. The molecule has 3 rings (SSSR count). The van der Waals surface area contributed by atoms with Gasteiger partial charge >= 0.3 is 0 Å². The van der Waals surface area contributed by atoms with E-state index in [-0.39, 0.29) is 6.79 Å². The number of nitrogens with one attached hydrogen (secondary N) is 2. The minimum atomic E-state index is 0.279. The maximum atomic E-state index is 5.34. The molecule has 0 saturated carbocycles. The SMILES string of the molecule is S=C(NCc1ccc2c(c1)OCO2)Nc1ccc(Br)cn1. The van der Waals surface area contributed by atoms with Gasteiger partial charge in [0.2, 0.25) is 6.79 Å². The van der Waals surface area contributed by atoms with Crippen LogP contribution in [-0.2, 0) is 6.54 Å². The van der Waals surface area contributed by atoms with E-state index < -0.39 is 0 Å². The van der Waals surface area contributed by atoms with Gasteiger partial charge in [-0.05, 0) is 58.0 Å². The van der Waals surface area contributed by atoms with Gasteiger partial charge in [-0.3, -0.25) is 0 Å². The van der Waals surface area contributed by atoms with Gasteiger partial charge in [0, 0.05) is 17.2 Å². The van der Waals surface area contributed by atoms with Gasteiger partial charge in [-0.2, -0.15) is 0 Å². The Morgan fingerprint density at radius 3 is 2.90 bits per heavy atom. The van der Waals surface area contributed by atoms with Crippen molar-refractivity contribution in [1.82, 2.24) is 10.3 Å². The normalized spacial score (nSPS) is 12.0. The fourth-order valence-electron chi connectivity index (χ4n) is 1.84. The number of pyridine rings is 1. The van der Waals surface area contributed by atoms with Crippen LogP contribution in [0, 0.1) is 0 Å². The number of benzene rings is 1. The minimum absolute atomic E-state index is 0.279. The Balaban J connectivity index is 1.55. The summed E-state index contributed by atoms with van der Waals surface area (Å²) in [4.78, 5) is 4.20. The molecule has 0 fully saturated rings. The van der Waals surface area contributed by atoms with Gasteiger partial charge in [0.25, 0.3) is 0 Å². The number of nitrogens with zero attached hydrogens (tertiary/aromatic N) is 1. The maximum Gasteiger partial charge on any atom is 0.231 e. The number of thiocarbonyl (C=S) groups is 1. The van der Waals surface area contributed by atoms with Gasteiger partial charge < -0.3 is 20.1 Å². The van der Waals surface area contributed by atoms with E-state index in [4.69, 9.17) is 21.7 Å². The lowest BCUT2D eigenvalue weighted by atomic mass is 10.2. The molecule has 108 valence electrons. The summed E-state index contributed by atoms with van der Waals surface area (Å²) in [6, 6.07) is 9.55. The van der Waals surface area contributed by atoms with Gasteiger partial charge in [0.05, 0.1) is 0 Å². The molecule has 0 bridgehead atoms. The molecule has 2 N–H and O–H groups in total. The van der Waals surface area contributed by atoms with Crippen LogP contribution in [0.4, 0.5) is 5.82 Å². The Hall–Kier alpha value is -1.86. The number of halogens is 1. The standard InChI is InChI=1S/C14H12BrN3O2S/c15-10-2-4-13(16-7-10)18-14(21)17-6-9-1-3-11-12(5-9)20-8-19-11/h1-5,7H,6,8H2,(H2,16,17,18,21). The second kappa shape index (κ2) is 6.28. The molecule has 5 nitrogen and oxygen atoms in total. The quantitative estimate of drug-likeness (QED) is 0.815. The third-order valence-corrected chi connectivity index (χ3v) is 3.57. The van der Waals surface area contributed by atoms with Crippen molar-refractivity contribution in [2.24, 2.45) is 0 Å². The van der Waals surface area contributed by atoms with E-state index in [9.17, 15) is 0 Å². The highest BCUT2D eigenvalue weighted by Gasteiger charge is 2.13. The van der Waals surface area contributed by atoms with Gasteiger partial charge in [0.1, 0.15) is 5.82 Å². The van der Waals surface area contributed by atoms with Gasteiger partial charge in [-0.25, -0.2) is 4.98 Å². The smallest absolute Gasteiger partial charge is 0.231 e. The van der Waals surface area contributed by atoms with Gasteiger partial charge in [-0.1, -0.05) is 6.07 Å². The molecule has 0 unspecified atom stereocenters. The number of ether oxygens (including phenoxy) is 2. The molecule has 0 radical (unpaired) electrons. The number of fused-ring (bicyclic) bond motifs is 1. The summed E-state index contributed by atoms with van der Waals surface area (Å²) in [7, 11) is 0. The third kappa shape index (κ3) is 3.62. The van der Waals surface area contributed by atoms with E-state index in [1.807, 2.05) is 30.3 Å². The first-order valence-electron chi connectivity index (χ1n) is 6.26. The van der Waals surface area contributed by atoms with E-state index in [0.717, 1.165) is 21.5 Å². The Bertz CT molecular complexity index is 664. The van der Waals surface area contributed by atoms with Crippen LogP contribution < -0.4 is 20.1 Å². The summed E-state index contributed by atoms with van der Waals surface area (Å²) in [5, 5.41) is 6.67. The number of aromatic nitrogens is 1. The van der Waals surface area contributed by atoms with E-state index in [2.05, 4.69) is 31.5 Å². The summed E-state index contributed by atoms with van der Waals surface area (Å²) in [6.07, 6.45) is 1.71. The van der Waals surface area contributed by atoms with E-state index in [0.29, 0.717) is 17.5 Å². The van der Waals surface area contributed by atoms with Gasteiger partial charge in [-0.15, -0.1) is 0 Å². The number of anilines is 1. The predicted molar refractivity (Wildman–Crippen MR) is 87.6 cm³/mol. The molecule has 0 amide bonds. The van der Waals surface area contributed by atoms with Crippen molar-refractivity contribution in [3.63, 3.8) is 0 Å². The fourth-order valence-corrected chi connectivity index (χ4v) is 2.25. The fraction of sp³-hybridized carbons (Fsp3) is 0.143. The Morgan fingerprint density at radius 1 is 1.24 bits per heavy atom. The van der Waals surface area contributed by atoms with Crippen LogP contribution in [0.1, 0.15) is 5.56 Å². The molecule has 21 heavy (non-hydrogen) atoms. The molecule has 1 aliphatic heterocycles. The van der Waals surface area contributed by atoms with Crippen LogP contribution in [0.25, 0.3) is 0 Å². The van der Waals surface area contributed by atoms with Crippen LogP contribution in [-0.4, -0.2) is 16.9 Å². The van der Waals surface area contributed by atoms with Crippen molar-refractivity contribution in [1.29, 1.82) is 0 Å². The topological polar surface area (TPSA) is 55.4 Å². The van der Waals surface area contributed by atoms with Crippen molar-refractivity contribution in [3.8, 4) is 11.5 Å². The highest BCUT2D eigenvalue weighted by Crippen LogP contribution is 2.32. The van der Waals surface area contributed by atoms with Gasteiger partial charge in [0.15, 0.2) is 16.6 Å². The highest BCUT2D eigenvalue weighted by molar-refractivity contribution is 9.10. The molecule has 0 spiro atoms. The third-order valence-electron chi connectivity index (χ3n) is 2.86. The van der Waals surface area contributed by atoms with E-state index in [1.54, 1.807) is 6.20 Å². The first kappa shape index (κ1) is 14.1. The van der Waals surface area contributed by atoms with Crippen LogP contribution in [0.2, 0.25) is 0 Å². The number of hydrogen-bond donors (Lipinski definition) is 2. The first-order valence-corrected chi connectivity index (χ1v) is 7.46. The summed E-state index contributed by atoms with van der Waals surface area (Å²) in [5.74, 6) is 2.24. The molecule has 2 aromatic rings. The minimum Gasteiger partial charge on any atom is -0.454 e. The molecule has 0 atom stereocenters. The monoisotopic (exact) mass is 365 g/mol. The molecule has 2 heterocycles. The average molecular weight is 366 g/mol. The zero-order valence-electron chi connectivity index (χ0n) is 10.9. The summed E-state index contributed by atoms with van der Waals surface area (Å²) >= 11 is 8.57. The molecule has 0 aliphatic carbocycles. The summed E-state index contributed by atoms with van der Waals surface area (Å²) in [6.45, 7) is 0.875. The Kier molecular flexibility index (Phi) is 4.21. The lowest BCUT2D eigenvalue weighted by Gasteiger charge is -2.10. The molecular formula is C14H12BrN3O2S. The van der Waals surface area contributed by atoms with Crippen LogP contribution >= 0.6 is 28.1 Å². The molecule has 0 saturated heterocycles. The molecule has 1 aliphatic rings. The van der Waals surface area contributed by atoms with Crippen LogP contribution in [0.15, 0.2) is 41.0 Å². The zero-order valence-corrected chi connectivity index (χ0v) is 13.3. The lowest BCUT2D eigenvalue weighted by molar-refractivity contribution is 0.174. The number of rotatable bonds is 3. The Morgan fingerprint density at radius 2 is 2.10 bits per heavy atom. The Labute approximate surface area is 135 Å². The first-order chi connectivity index (χ1) is 10.2. The van der Waals surface area contributed by atoms with Crippen molar-refractivity contribution in [3.05, 3.63) is 46.6 Å². The second-order valence-corrected chi connectivity index (χ2v) is 5.68. The zero-order chi connectivity index (χ0) is 14.7. The maximum absolute atomic E-state index is 5.34. The highest BCUT2D eigenvalue weighted by atomic mass is 79.9. The predicted octanol–water partition coefficient (Wildman–Crippen LogP) is 3.06. The largest absolute Gasteiger partial charge is 0.454 e. The summed E-state index contributed by atoms with van der Waals surface area (Å²) in [5.41, 5.74) is 1.06. The second-order valence-electron chi connectivity index (χ2n) is 4.36. The van der Waals surface area contributed by atoms with Crippen molar-refractivity contribution >= 4 is 39.1 Å². The van der Waals surface area contributed by atoms with Crippen LogP contribution in [0.5, 0.6) is 11.5 Å².